The summed E-state index contributed by atoms with van der Waals surface area (Å²) in [6.45, 7) is 2.94. The van der Waals surface area contributed by atoms with Gasteiger partial charge in [-0.3, -0.25) is 19.7 Å². The van der Waals surface area contributed by atoms with Crippen molar-refractivity contribution < 1.29 is 34.9 Å². The van der Waals surface area contributed by atoms with Crippen LogP contribution < -0.4 is 5.48 Å². The molecule has 1 aliphatic rings. The first-order valence-corrected chi connectivity index (χ1v) is 8.89. The summed E-state index contributed by atoms with van der Waals surface area (Å²) in [5.74, 6) is -2.83. The first-order chi connectivity index (χ1) is 13.6. The highest BCUT2D eigenvalue weighted by molar-refractivity contribution is 6.02. The van der Waals surface area contributed by atoms with Crippen molar-refractivity contribution in [1.29, 1.82) is 0 Å². The van der Waals surface area contributed by atoms with Crippen LogP contribution in [0, 0.1) is 20.7 Å². The number of nitrogens with two attached hydrogens (primary N) is 1. The third-order valence-corrected chi connectivity index (χ3v) is 4.73. The summed E-state index contributed by atoms with van der Waals surface area (Å²) in [6.07, 6.45) is -0.0506. The summed E-state index contributed by atoms with van der Waals surface area (Å²) in [4.78, 5) is 36.3. The second-order valence-electron chi connectivity index (χ2n) is 7.40. The molecule has 0 unspecified atom stereocenters. The van der Waals surface area contributed by atoms with E-state index in [1.807, 2.05) is 0 Å². The van der Waals surface area contributed by atoms with Crippen LogP contribution >= 0.6 is 0 Å². The van der Waals surface area contributed by atoms with Crippen LogP contribution in [0.4, 0.5) is 11.4 Å². The van der Waals surface area contributed by atoms with Crippen molar-refractivity contribution in [2.75, 3.05) is 0 Å². The number of nitro benzene ring substituents is 1. The van der Waals surface area contributed by atoms with Gasteiger partial charge in [-0.25, -0.2) is 0 Å². The standard InChI is InChI=1S/C20H20N2O7.H2O/c1-19(2)28-17(23)20(18(24)29-19,11-13-3-7-15(21-25)8-4-13)12-14-5-9-16(10-6-14)22(26)27;/h3-10H,11-12,21H2,1-2H3;1H2. The van der Waals surface area contributed by atoms with Gasteiger partial charge < -0.3 is 25.6 Å². The predicted octanol–water partition coefficient (Wildman–Crippen LogP) is 1.07. The van der Waals surface area contributed by atoms with Crippen LogP contribution in [0.3, 0.4) is 0 Å². The van der Waals surface area contributed by atoms with Gasteiger partial charge in [-0.1, -0.05) is 24.3 Å². The average molecular weight is 418 g/mol. The number of ether oxygens (including phenoxy) is 2. The lowest BCUT2D eigenvalue weighted by atomic mass is 9.75. The molecule has 2 aromatic rings. The minimum Gasteiger partial charge on any atom is -0.630 e. The zero-order valence-corrected chi connectivity index (χ0v) is 16.4. The smallest absolute Gasteiger partial charge is 0.327 e. The Bertz CT molecular complexity index is 918. The molecule has 1 fully saturated rings. The summed E-state index contributed by atoms with van der Waals surface area (Å²) in [6, 6.07) is 12.1. The van der Waals surface area contributed by atoms with Gasteiger partial charge >= 0.3 is 11.9 Å². The minimum absolute atomic E-state index is 0. The Labute approximate surface area is 171 Å². The number of hydrogen-bond donors (Lipinski definition) is 1. The third kappa shape index (κ3) is 4.62. The Hall–Kier alpha value is -3.34. The third-order valence-electron chi connectivity index (χ3n) is 4.73. The monoisotopic (exact) mass is 418 g/mol. The summed E-state index contributed by atoms with van der Waals surface area (Å²) in [7, 11) is 0. The number of carbonyl (C=O) groups excluding carboxylic acids is 2. The highest BCUT2D eigenvalue weighted by Crippen LogP contribution is 2.38. The van der Waals surface area contributed by atoms with Gasteiger partial charge in [0.1, 0.15) is 5.69 Å². The number of cyclic esters (lactones) is 2. The quantitative estimate of drug-likeness (QED) is 0.241. The van der Waals surface area contributed by atoms with Crippen LogP contribution in [0.2, 0.25) is 0 Å². The van der Waals surface area contributed by atoms with Crippen LogP contribution in [0.5, 0.6) is 0 Å². The van der Waals surface area contributed by atoms with E-state index in [0.717, 1.165) is 0 Å². The lowest BCUT2D eigenvalue weighted by molar-refractivity contribution is -0.497. The van der Waals surface area contributed by atoms with Gasteiger partial charge in [0.15, 0.2) is 5.41 Å². The fourth-order valence-corrected chi connectivity index (χ4v) is 3.24. The Morgan fingerprint density at radius 3 is 1.73 bits per heavy atom. The second kappa shape index (κ2) is 8.57. The summed E-state index contributed by atoms with van der Waals surface area (Å²) in [5, 5.41) is 21.7. The van der Waals surface area contributed by atoms with Gasteiger partial charge in [-0.15, -0.1) is 0 Å². The molecule has 10 nitrogen and oxygen atoms in total. The molecule has 10 heteroatoms. The number of rotatable bonds is 6. The van der Waals surface area contributed by atoms with E-state index >= 15 is 0 Å². The summed E-state index contributed by atoms with van der Waals surface area (Å²) in [5.41, 5.74) is 0.617. The zero-order valence-electron chi connectivity index (χ0n) is 16.4. The SMILES string of the molecule is CC1(C)OC(=O)C(Cc2ccc([NH2+][O-])cc2)(Cc2ccc([N+](=O)[O-])cc2)C(=O)O1.O. The molecule has 30 heavy (non-hydrogen) atoms. The topological polar surface area (TPSA) is 167 Å². The lowest BCUT2D eigenvalue weighted by Gasteiger charge is -2.40. The molecule has 1 heterocycles. The van der Waals surface area contributed by atoms with Crippen molar-refractivity contribution in [3.05, 3.63) is 75.0 Å². The van der Waals surface area contributed by atoms with Crippen molar-refractivity contribution >= 4 is 23.3 Å². The molecule has 0 radical (unpaired) electrons. The maximum absolute atomic E-state index is 13.0. The van der Waals surface area contributed by atoms with Crippen LogP contribution in [0.1, 0.15) is 25.0 Å². The van der Waals surface area contributed by atoms with E-state index in [2.05, 4.69) is 0 Å². The number of non-ortho nitro benzene ring substituents is 1. The largest absolute Gasteiger partial charge is 0.630 e. The molecule has 0 aliphatic carbocycles. The van der Waals surface area contributed by atoms with E-state index in [0.29, 0.717) is 22.3 Å². The van der Waals surface area contributed by atoms with Gasteiger partial charge in [-0.2, -0.15) is 0 Å². The van der Waals surface area contributed by atoms with E-state index in [-0.39, 0.29) is 24.0 Å². The van der Waals surface area contributed by atoms with Crippen molar-refractivity contribution in [3.8, 4) is 0 Å². The van der Waals surface area contributed by atoms with Gasteiger partial charge in [0.25, 0.3) is 11.5 Å². The Morgan fingerprint density at radius 2 is 1.33 bits per heavy atom. The Balaban J connectivity index is 0.00000320. The summed E-state index contributed by atoms with van der Waals surface area (Å²) < 4.78 is 10.7. The maximum Gasteiger partial charge on any atom is 0.327 e. The summed E-state index contributed by atoms with van der Waals surface area (Å²) >= 11 is 0. The maximum atomic E-state index is 13.0. The number of benzene rings is 2. The molecule has 1 saturated heterocycles. The molecular weight excluding hydrogens is 396 g/mol. The Kier molecular flexibility index (Phi) is 6.56. The fourth-order valence-electron chi connectivity index (χ4n) is 3.24. The van der Waals surface area contributed by atoms with E-state index in [1.54, 1.807) is 24.3 Å². The van der Waals surface area contributed by atoms with Crippen LogP contribution in [-0.4, -0.2) is 28.1 Å². The number of nitro groups is 1. The number of esters is 2. The molecule has 160 valence electrons. The van der Waals surface area contributed by atoms with Crippen molar-refractivity contribution in [1.82, 2.24) is 0 Å². The molecule has 1 aliphatic heterocycles. The molecule has 3 rings (SSSR count). The zero-order chi connectivity index (χ0) is 21.2. The van der Waals surface area contributed by atoms with Gasteiger partial charge in [0.2, 0.25) is 0 Å². The average Bonchev–Trinajstić information content (AvgIpc) is 2.66. The van der Waals surface area contributed by atoms with Gasteiger partial charge in [0, 0.05) is 26.0 Å². The molecule has 0 spiro atoms. The molecule has 0 amide bonds. The number of quaternary nitrogens is 1. The molecule has 0 atom stereocenters. The highest BCUT2D eigenvalue weighted by atomic mass is 16.7. The predicted molar refractivity (Wildman–Crippen MR) is 104 cm³/mol. The van der Waals surface area contributed by atoms with Crippen molar-refractivity contribution in [2.24, 2.45) is 5.41 Å². The highest BCUT2D eigenvalue weighted by Gasteiger charge is 2.56. The van der Waals surface area contributed by atoms with E-state index < -0.39 is 28.1 Å². The van der Waals surface area contributed by atoms with Crippen molar-refractivity contribution in [2.45, 2.75) is 32.5 Å². The van der Waals surface area contributed by atoms with Crippen LogP contribution in [0.15, 0.2) is 48.5 Å². The first kappa shape index (κ1) is 22.9. The fraction of sp³-hybridized carbons (Fsp3) is 0.300. The van der Waals surface area contributed by atoms with Crippen molar-refractivity contribution in [3.63, 3.8) is 0 Å². The molecule has 0 aromatic heterocycles. The normalized spacial score (nSPS) is 16.8. The Morgan fingerprint density at radius 1 is 0.900 bits per heavy atom. The number of hydrogen-bond acceptors (Lipinski definition) is 7. The lowest BCUT2D eigenvalue weighted by Crippen LogP contribution is -2.70. The van der Waals surface area contributed by atoms with E-state index in [1.165, 1.54) is 38.1 Å². The molecule has 0 bridgehead atoms. The van der Waals surface area contributed by atoms with Crippen LogP contribution in [-0.2, 0) is 31.9 Å². The minimum atomic E-state index is -1.64. The number of nitrogens with zero attached hydrogens (tertiary/aromatic N) is 1. The molecule has 0 saturated carbocycles. The number of carbonyl (C=O) groups is 2. The van der Waals surface area contributed by atoms with E-state index in [4.69, 9.17) is 9.47 Å². The molecular formula is C20H22N2O8. The van der Waals surface area contributed by atoms with Gasteiger partial charge in [-0.05, 0) is 36.1 Å². The first-order valence-electron chi connectivity index (χ1n) is 8.89. The molecule has 2 aromatic carbocycles. The second-order valence-corrected chi connectivity index (χ2v) is 7.40. The van der Waals surface area contributed by atoms with E-state index in [9.17, 15) is 24.9 Å². The van der Waals surface area contributed by atoms with Gasteiger partial charge in [0.05, 0.1) is 4.92 Å². The molecule has 4 N–H and O–H groups in total. The van der Waals surface area contributed by atoms with Crippen LogP contribution in [0.25, 0.3) is 0 Å².